The summed E-state index contributed by atoms with van der Waals surface area (Å²) in [7, 11) is 3.17. The Hall–Kier alpha value is -2.82. The van der Waals surface area contributed by atoms with Crippen LogP contribution >= 0.6 is 0 Å². The molecule has 0 radical (unpaired) electrons. The van der Waals surface area contributed by atoms with Crippen molar-refractivity contribution in [1.29, 1.82) is 0 Å². The molecule has 0 aliphatic heterocycles. The summed E-state index contributed by atoms with van der Waals surface area (Å²) in [6, 6.07) is 13.5. The molecular weight excluding hydrogens is 316 g/mol. The molecule has 0 atom stereocenters. The predicted molar refractivity (Wildman–Crippen MR) is 99.4 cm³/mol. The van der Waals surface area contributed by atoms with Crippen LogP contribution in [0.5, 0.6) is 11.5 Å². The maximum atomic E-state index is 12.1. The van der Waals surface area contributed by atoms with Crippen molar-refractivity contribution in [3.8, 4) is 11.5 Å². The molecule has 25 heavy (non-hydrogen) atoms. The summed E-state index contributed by atoms with van der Waals surface area (Å²) < 4.78 is 10.5. The van der Waals surface area contributed by atoms with Crippen molar-refractivity contribution in [2.75, 3.05) is 14.2 Å². The minimum atomic E-state index is -0.149. The Morgan fingerprint density at radius 2 is 1.64 bits per heavy atom. The molecule has 2 aromatic carbocycles. The van der Waals surface area contributed by atoms with E-state index in [2.05, 4.69) is 17.5 Å². The van der Waals surface area contributed by atoms with Gasteiger partial charge in [0, 0.05) is 5.56 Å². The van der Waals surface area contributed by atoms with Gasteiger partial charge in [0.15, 0.2) is 11.5 Å². The lowest BCUT2D eigenvalue weighted by molar-refractivity contribution is -0.120. The molecule has 1 amide bonds. The molecule has 0 aliphatic carbocycles. The number of nitrogens with one attached hydrogen (secondary N) is 1. The van der Waals surface area contributed by atoms with Gasteiger partial charge in [-0.2, -0.15) is 5.10 Å². The van der Waals surface area contributed by atoms with Crippen LogP contribution in [-0.4, -0.2) is 25.8 Å². The zero-order valence-corrected chi connectivity index (χ0v) is 15.1. The molecule has 0 fully saturated rings. The first-order valence-electron chi connectivity index (χ1n) is 8.20. The lowest BCUT2D eigenvalue weighted by Gasteiger charge is -2.09. The van der Waals surface area contributed by atoms with Gasteiger partial charge in [-0.3, -0.25) is 4.79 Å². The first kappa shape index (κ1) is 18.5. The monoisotopic (exact) mass is 340 g/mol. The van der Waals surface area contributed by atoms with Crippen LogP contribution in [0.2, 0.25) is 0 Å². The van der Waals surface area contributed by atoms with Crippen LogP contribution in [0.1, 0.15) is 30.5 Å². The number of hydrogen-bond acceptors (Lipinski definition) is 4. The fourth-order valence-corrected chi connectivity index (χ4v) is 2.39. The standard InChI is InChI=1S/C20H24N2O3/c1-5-15-6-8-16(9-7-15)12-20(23)22-21-14(2)17-10-11-18(24-3)19(13-17)25-4/h6-11,13H,5,12H2,1-4H3,(H,22,23)/b21-14-. The third kappa shape index (κ3) is 5.08. The van der Waals surface area contributed by atoms with Crippen molar-refractivity contribution >= 4 is 11.6 Å². The Labute approximate surface area is 148 Å². The van der Waals surface area contributed by atoms with Crippen LogP contribution in [-0.2, 0) is 17.6 Å². The van der Waals surface area contributed by atoms with E-state index in [0.717, 1.165) is 17.5 Å². The largest absolute Gasteiger partial charge is 0.493 e. The minimum Gasteiger partial charge on any atom is -0.493 e. The molecule has 0 bridgehead atoms. The lowest BCUT2D eigenvalue weighted by atomic mass is 10.1. The molecule has 0 saturated heterocycles. The number of carbonyl (C=O) groups excluding carboxylic acids is 1. The second-order valence-electron chi connectivity index (χ2n) is 5.65. The van der Waals surface area contributed by atoms with Gasteiger partial charge >= 0.3 is 0 Å². The Bertz CT molecular complexity index is 752. The van der Waals surface area contributed by atoms with E-state index in [1.165, 1.54) is 5.56 Å². The number of amides is 1. The first-order valence-corrected chi connectivity index (χ1v) is 8.20. The van der Waals surface area contributed by atoms with E-state index in [-0.39, 0.29) is 5.91 Å². The van der Waals surface area contributed by atoms with Crippen LogP contribution < -0.4 is 14.9 Å². The minimum absolute atomic E-state index is 0.149. The quantitative estimate of drug-likeness (QED) is 0.621. The molecule has 0 aliphatic rings. The van der Waals surface area contributed by atoms with Crippen LogP contribution in [0.4, 0.5) is 0 Å². The van der Waals surface area contributed by atoms with Crippen LogP contribution in [0.3, 0.4) is 0 Å². The van der Waals surface area contributed by atoms with Crippen molar-refractivity contribution in [3.63, 3.8) is 0 Å². The molecular formula is C20H24N2O3. The molecule has 0 saturated carbocycles. The van der Waals surface area contributed by atoms with Gasteiger partial charge in [-0.25, -0.2) is 5.43 Å². The van der Waals surface area contributed by atoms with E-state index in [1.807, 2.05) is 49.4 Å². The van der Waals surface area contributed by atoms with Gasteiger partial charge in [0.2, 0.25) is 5.91 Å². The zero-order chi connectivity index (χ0) is 18.2. The molecule has 2 rings (SSSR count). The second kappa shape index (κ2) is 8.87. The first-order chi connectivity index (χ1) is 12.1. The highest BCUT2D eigenvalue weighted by molar-refractivity contribution is 5.99. The summed E-state index contributed by atoms with van der Waals surface area (Å²) in [4.78, 5) is 12.1. The Morgan fingerprint density at radius 3 is 2.24 bits per heavy atom. The average molecular weight is 340 g/mol. The fourth-order valence-electron chi connectivity index (χ4n) is 2.39. The molecule has 2 aromatic rings. The Balaban J connectivity index is 2.00. The van der Waals surface area contributed by atoms with Crippen molar-refractivity contribution in [2.45, 2.75) is 26.7 Å². The van der Waals surface area contributed by atoms with Crippen molar-refractivity contribution in [1.82, 2.24) is 5.43 Å². The van der Waals surface area contributed by atoms with Crippen LogP contribution in [0, 0.1) is 0 Å². The summed E-state index contributed by atoms with van der Waals surface area (Å²) in [5.74, 6) is 1.12. The summed E-state index contributed by atoms with van der Waals surface area (Å²) >= 11 is 0. The Morgan fingerprint density at radius 1 is 1.00 bits per heavy atom. The number of benzene rings is 2. The van der Waals surface area contributed by atoms with Gasteiger partial charge in [-0.1, -0.05) is 31.2 Å². The highest BCUT2D eigenvalue weighted by Crippen LogP contribution is 2.27. The zero-order valence-electron chi connectivity index (χ0n) is 15.1. The molecule has 0 spiro atoms. The number of rotatable bonds is 7. The topological polar surface area (TPSA) is 59.9 Å². The molecule has 5 heteroatoms. The van der Waals surface area contributed by atoms with Crippen LogP contribution in [0.25, 0.3) is 0 Å². The molecule has 0 heterocycles. The van der Waals surface area contributed by atoms with Gasteiger partial charge in [0.1, 0.15) is 0 Å². The number of methoxy groups -OCH3 is 2. The fraction of sp³-hybridized carbons (Fsp3) is 0.300. The molecule has 5 nitrogen and oxygen atoms in total. The number of aryl methyl sites for hydroxylation is 1. The van der Waals surface area contributed by atoms with Crippen molar-refractivity contribution in [3.05, 3.63) is 59.2 Å². The number of nitrogens with zero attached hydrogens (tertiary/aromatic N) is 1. The highest BCUT2D eigenvalue weighted by Gasteiger charge is 2.07. The van der Waals surface area contributed by atoms with Crippen molar-refractivity contribution < 1.29 is 14.3 Å². The van der Waals surface area contributed by atoms with Crippen molar-refractivity contribution in [2.24, 2.45) is 5.10 Å². The van der Waals surface area contributed by atoms with Gasteiger partial charge in [0.05, 0.1) is 26.4 Å². The highest BCUT2D eigenvalue weighted by atomic mass is 16.5. The second-order valence-corrected chi connectivity index (χ2v) is 5.65. The number of carbonyl (C=O) groups is 1. The van der Waals surface area contributed by atoms with E-state index in [1.54, 1.807) is 14.2 Å². The third-order valence-corrected chi connectivity index (χ3v) is 3.95. The van der Waals surface area contributed by atoms with E-state index in [0.29, 0.717) is 23.6 Å². The summed E-state index contributed by atoms with van der Waals surface area (Å²) in [5, 5.41) is 4.18. The predicted octanol–water partition coefficient (Wildman–Crippen LogP) is 3.35. The molecule has 0 unspecified atom stereocenters. The third-order valence-electron chi connectivity index (χ3n) is 3.95. The van der Waals surface area contributed by atoms with E-state index < -0.39 is 0 Å². The number of hydrogen-bond donors (Lipinski definition) is 1. The summed E-state index contributed by atoms with van der Waals surface area (Å²) in [6.45, 7) is 3.94. The lowest BCUT2D eigenvalue weighted by Crippen LogP contribution is -2.21. The SMILES string of the molecule is CCc1ccc(CC(=O)N/N=C(/C)c2ccc(OC)c(OC)c2)cc1. The van der Waals surface area contributed by atoms with E-state index in [9.17, 15) is 4.79 Å². The van der Waals surface area contributed by atoms with E-state index >= 15 is 0 Å². The summed E-state index contributed by atoms with van der Waals surface area (Å²) in [5.41, 5.74) is 6.37. The molecule has 132 valence electrons. The van der Waals surface area contributed by atoms with Gasteiger partial charge < -0.3 is 9.47 Å². The maximum absolute atomic E-state index is 12.1. The normalized spacial score (nSPS) is 11.1. The van der Waals surface area contributed by atoms with Gasteiger partial charge in [-0.05, 0) is 42.7 Å². The van der Waals surface area contributed by atoms with Gasteiger partial charge in [-0.15, -0.1) is 0 Å². The van der Waals surface area contributed by atoms with E-state index in [4.69, 9.17) is 9.47 Å². The summed E-state index contributed by atoms with van der Waals surface area (Å²) in [6.07, 6.45) is 1.29. The average Bonchev–Trinajstić information content (AvgIpc) is 2.66. The Kier molecular flexibility index (Phi) is 6.57. The molecule has 0 aromatic heterocycles. The van der Waals surface area contributed by atoms with Gasteiger partial charge in [0.25, 0.3) is 0 Å². The number of ether oxygens (including phenoxy) is 2. The van der Waals surface area contributed by atoms with Crippen LogP contribution in [0.15, 0.2) is 47.6 Å². The molecule has 1 N–H and O–H groups in total. The maximum Gasteiger partial charge on any atom is 0.244 e. The smallest absolute Gasteiger partial charge is 0.244 e. The number of hydrazone groups is 1.